The van der Waals surface area contributed by atoms with E-state index in [9.17, 15) is 8.42 Å². The van der Waals surface area contributed by atoms with Crippen LogP contribution in [0, 0.1) is 0 Å². The normalized spacial score (nSPS) is 21.7. The van der Waals surface area contributed by atoms with Gasteiger partial charge in [0.15, 0.2) is 0 Å². The van der Waals surface area contributed by atoms with E-state index in [0.29, 0.717) is 31.3 Å². The topological polar surface area (TPSA) is 55.8 Å². The smallest absolute Gasteiger partial charge is 0.243 e. The summed E-state index contributed by atoms with van der Waals surface area (Å²) < 4.78 is 38.2. The second-order valence-electron chi connectivity index (χ2n) is 5.95. The zero-order valence-electron chi connectivity index (χ0n) is 12.5. The molecule has 0 amide bonds. The summed E-state index contributed by atoms with van der Waals surface area (Å²) in [4.78, 5) is 0.225. The van der Waals surface area contributed by atoms with Crippen molar-refractivity contribution >= 4 is 21.6 Å². The first-order chi connectivity index (χ1) is 10.5. The molecular weight excluding hydrogens is 326 g/mol. The van der Waals surface area contributed by atoms with Crippen LogP contribution >= 0.6 is 11.6 Å². The van der Waals surface area contributed by atoms with Gasteiger partial charge in [-0.3, -0.25) is 0 Å². The third-order valence-electron chi connectivity index (χ3n) is 4.36. The van der Waals surface area contributed by atoms with Gasteiger partial charge in [-0.1, -0.05) is 11.6 Å². The van der Waals surface area contributed by atoms with Crippen LogP contribution in [0.2, 0.25) is 5.02 Å². The second-order valence-corrected chi connectivity index (χ2v) is 8.33. The Kier molecular flexibility index (Phi) is 4.49. The maximum atomic E-state index is 12.9. The Labute approximate surface area is 136 Å². The molecule has 1 aromatic carbocycles. The molecule has 0 radical (unpaired) electrons. The van der Waals surface area contributed by atoms with Gasteiger partial charge in [0.05, 0.1) is 23.7 Å². The fourth-order valence-corrected chi connectivity index (χ4v) is 4.97. The first-order valence-electron chi connectivity index (χ1n) is 7.38. The number of methoxy groups -OCH3 is 1. The van der Waals surface area contributed by atoms with Gasteiger partial charge in [-0.15, -0.1) is 0 Å². The summed E-state index contributed by atoms with van der Waals surface area (Å²) in [5, 5.41) is 0.403. The molecule has 0 atom stereocenters. The van der Waals surface area contributed by atoms with Crippen molar-refractivity contribution in [2.75, 3.05) is 26.8 Å². The first-order valence-corrected chi connectivity index (χ1v) is 9.20. The van der Waals surface area contributed by atoms with Gasteiger partial charge < -0.3 is 9.47 Å². The maximum absolute atomic E-state index is 12.9. The number of hydrogen-bond donors (Lipinski definition) is 0. The highest BCUT2D eigenvalue weighted by Gasteiger charge is 2.45. The molecule has 1 saturated carbocycles. The monoisotopic (exact) mass is 345 g/mol. The van der Waals surface area contributed by atoms with Gasteiger partial charge in [0.2, 0.25) is 10.0 Å². The third-order valence-corrected chi connectivity index (χ3v) is 6.40. The SMILES string of the molecule is COCc1cc(Cl)cc(S(=O)(=O)N2CCOC3(CCC3)C2)c1. The molecule has 0 bridgehead atoms. The van der Waals surface area contributed by atoms with Crippen LogP contribution in [0.15, 0.2) is 23.1 Å². The van der Waals surface area contributed by atoms with Gasteiger partial charge in [0, 0.05) is 25.2 Å². The summed E-state index contributed by atoms with van der Waals surface area (Å²) in [5.41, 5.74) is 0.486. The number of nitrogens with zero attached hydrogens (tertiary/aromatic N) is 1. The minimum Gasteiger partial charge on any atom is -0.380 e. The Balaban J connectivity index is 1.88. The van der Waals surface area contributed by atoms with E-state index in [1.165, 1.54) is 10.4 Å². The van der Waals surface area contributed by atoms with Crippen LogP contribution < -0.4 is 0 Å². The highest BCUT2D eigenvalue weighted by atomic mass is 35.5. The summed E-state index contributed by atoms with van der Waals surface area (Å²) in [7, 11) is -1.99. The summed E-state index contributed by atoms with van der Waals surface area (Å²) in [6.45, 7) is 1.60. The molecule has 1 spiro atoms. The van der Waals surface area contributed by atoms with Crippen LogP contribution in [-0.2, 0) is 26.1 Å². The Morgan fingerprint density at radius 1 is 1.36 bits per heavy atom. The van der Waals surface area contributed by atoms with Crippen molar-refractivity contribution in [2.45, 2.75) is 36.4 Å². The van der Waals surface area contributed by atoms with Crippen molar-refractivity contribution in [3.8, 4) is 0 Å². The van der Waals surface area contributed by atoms with E-state index in [0.717, 1.165) is 24.8 Å². The van der Waals surface area contributed by atoms with Crippen molar-refractivity contribution in [3.63, 3.8) is 0 Å². The molecule has 5 nitrogen and oxygen atoms in total. The van der Waals surface area contributed by atoms with Gasteiger partial charge >= 0.3 is 0 Å². The van der Waals surface area contributed by atoms with E-state index in [1.54, 1.807) is 19.2 Å². The Morgan fingerprint density at radius 2 is 2.14 bits per heavy atom. The van der Waals surface area contributed by atoms with Crippen molar-refractivity contribution in [1.29, 1.82) is 0 Å². The van der Waals surface area contributed by atoms with E-state index in [4.69, 9.17) is 21.1 Å². The quantitative estimate of drug-likeness (QED) is 0.841. The third kappa shape index (κ3) is 3.03. The molecule has 22 heavy (non-hydrogen) atoms. The van der Waals surface area contributed by atoms with Crippen LogP contribution in [0.4, 0.5) is 0 Å². The van der Waals surface area contributed by atoms with Gasteiger partial charge in [-0.2, -0.15) is 4.31 Å². The fourth-order valence-electron chi connectivity index (χ4n) is 3.06. The first kappa shape index (κ1) is 16.2. The van der Waals surface area contributed by atoms with E-state index < -0.39 is 10.0 Å². The molecule has 7 heteroatoms. The zero-order chi connectivity index (χ0) is 15.8. The lowest BCUT2D eigenvalue weighted by Gasteiger charge is -2.47. The lowest BCUT2D eigenvalue weighted by Crippen LogP contribution is -2.56. The average Bonchev–Trinajstić information content (AvgIpc) is 2.45. The van der Waals surface area contributed by atoms with E-state index in [-0.39, 0.29) is 10.5 Å². The number of hydrogen-bond acceptors (Lipinski definition) is 4. The van der Waals surface area contributed by atoms with E-state index in [1.807, 2.05) is 0 Å². The molecular formula is C15H20ClNO4S. The van der Waals surface area contributed by atoms with Crippen LogP contribution in [0.1, 0.15) is 24.8 Å². The van der Waals surface area contributed by atoms with Crippen LogP contribution in [0.25, 0.3) is 0 Å². The Bertz CT molecular complexity index is 658. The zero-order valence-corrected chi connectivity index (χ0v) is 14.1. The molecule has 2 aliphatic rings. The van der Waals surface area contributed by atoms with Crippen molar-refractivity contribution in [2.24, 2.45) is 0 Å². The lowest BCUT2D eigenvalue weighted by atomic mass is 9.79. The maximum Gasteiger partial charge on any atom is 0.243 e. The fraction of sp³-hybridized carbons (Fsp3) is 0.600. The molecule has 1 saturated heterocycles. The van der Waals surface area contributed by atoms with Crippen LogP contribution in [0.3, 0.4) is 0 Å². The number of rotatable bonds is 4. The van der Waals surface area contributed by atoms with Gasteiger partial charge in [-0.05, 0) is 43.0 Å². The van der Waals surface area contributed by atoms with Gasteiger partial charge in [0.1, 0.15) is 0 Å². The molecule has 122 valence electrons. The summed E-state index contributed by atoms with van der Waals surface area (Å²) in [5.74, 6) is 0. The van der Waals surface area contributed by atoms with Crippen molar-refractivity contribution in [3.05, 3.63) is 28.8 Å². The summed E-state index contributed by atoms with van der Waals surface area (Å²) in [6, 6.07) is 4.85. The molecule has 0 aromatic heterocycles. The molecule has 0 unspecified atom stereocenters. The minimum atomic E-state index is -3.56. The average molecular weight is 346 g/mol. The number of halogens is 1. The Hall–Kier alpha value is -0.660. The van der Waals surface area contributed by atoms with E-state index in [2.05, 4.69) is 0 Å². The molecule has 2 fully saturated rings. The van der Waals surface area contributed by atoms with Crippen molar-refractivity contribution < 1.29 is 17.9 Å². The Morgan fingerprint density at radius 3 is 2.77 bits per heavy atom. The van der Waals surface area contributed by atoms with Crippen LogP contribution in [0.5, 0.6) is 0 Å². The summed E-state index contributed by atoms with van der Waals surface area (Å²) >= 11 is 6.06. The molecule has 1 aliphatic carbocycles. The van der Waals surface area contributed by atoms with Gasteiger partial charge in [-0.25, -0.2) is 8.42 Å². The predicted molar refractivity (Wildman–Crippen MR) is 83.5 cm³/mol. The van der Waals surface area contributed by atoms with E-state index >= 15 is 0 Å². The number of morpholine rings is 1. The largest absolute Gasteiger partial charge is 0.380 e. The molecule has 1 heterocycles. The minimum absolute atomic E-state index is 0.225. The van der Waals surface area contributed by atoms with Crippen molar-refractivity contribution in [1.82, 2.24) is 4.31 Å². The number of ether oxygens (including phenoxy) is 2. The molecule has 0 N–H and O–H groups in total. The molecule has 1 aromatic rings. The second kappa shape index (κ2) is 6.09. The highest BCUT2D eigenvalue weighted by Crippen LogP contribution is 2.39. The van der Waals surface area contributed by atoms with Gasteiger partial charge in [0.25, 0.3) is 0 Å². The standard InChI is InChI=1S/C15H20ClNO4S/c1-20-10-12-7-13(16)9-14(8-12)22(18,19)17-5-6-21-15(11-17)3-2-4-15/h7-9H,2-6,10-11H2,1H3. The lowest BCUT2D eigenvalue weighted by molar-refractivity contribution is -0.135. The van der Waals surface area contributed by atoms with Crippen LogP contribution in [-0.4, -0.2) is 45.1 Å². The number of sulfonamides is 1. The molecule has 1 aliphatic heterocycles. The molecule has 3 rings (SSSR count). The highest BCUT2D eigenvalue weighted by molar-refractivity contribution is 7.89. The summed E-state index contributed by atoms with van der Waals surface area (Å²) in [6.07, 6.45) is 2.97. The number of benzene rings is 1. The predicted octanol–water partition coefficient (Wildman–Crippen LogP) is 2.43.